The number of fused-ring (bicyclic) bond motifs is 1. The van der Waals surface area contributed by atoms with Crippen LogP contribution in [0, 0.1) is 0 Å². The number of amides is 4. The number of nitrogens with one attached hydrogen (secondary N) is 1. The molecule has 1 N–H and O–H groups in total. The highest BCUT2D eigenvalue weighted by Gasteiger charge is 2.37. The molecule has 1 atom stereocenters. The third-order valence-corrected chi connectivity index (χ3v) is 6.24. The summed E-state index contributed by atoms with van der Waals surface area (Å²) < 4.78 is 0. The summed E-state index contributed by atoms with van der Waals surface area (Å²) in [5.74, 6) is -1.23. The van der Waals surface area contributed by atoms with Crippen molar-refractivity contribution in [1.29, 1.82) is 0 Å². The van der Waals surface area contributed by atoms with Crippen LogP contribution in [0.3, 0.4) is 0 Å². The summed E-state index contributed by atoms with van der Waals surface area (Å²) in [7, 11) is 0. The molecule has 3 heterocycles. The monoisotopic (exact) mass is 458 g/mol. The summed E-state index contributed by atoms with van der Waals surface area (Å²) in [5, 5.41) is 5.29. The van der Waals surface area contributed by atoms with E-state index in [-0.39, 0.29) is 30.0 Å². The molecule has 33 heavy (non-hydrogen) atoms. The lowest BCUT2D eigenvalue weighted by molar-refractivity contribution is -0.124. The van der Waals surface area contributed by atoms with Crippen molar-refractivity contribution >= 4 is 51.9 Å². The summed E-state index contributed by atoms with van der Waals surface area (Å²) in [4.78, 5) is 54.9. The lowest BCUT2D eigenvalue weighted by atomic mass is 10.0. The highest BCUT2D eigenvalue weighted by atomic mass is 32.2. The average Bonchev–Trinajstić information content (AvgIpc) is 3.47. The number of amidine groups is 1. The van der Waals surface area contributed by atoms with Gasteiger partial charge in [-0.3, -0.25) is 19.2 Å². The van der Waals surface area contributed by atoms with E-state index in [1.54, 1.807) is 23.2 Å². The van der Waals surface area contributed by atoms with Crippen molar-refractivity contribution in [2.24, 2.45) is 4.99 Å². The molecule has 0 aromatic heterocycles. The zero-order valence-corrected chi connectivity index (χ0v) is 18.1. The summed E-state index contributed by atoms with van der Waals surface area (Å²) in [5.41, 5.74) is 3.25. The molecule has 0 saturated heterocycles. The molecule has 3 aliphatic heterocycles. The van der Waals surface area contributed by atoms with Gasteiger partial charge in [0, 0.05) is 24.0 Å². The van der Waals surface area contributed by atoms with Gasteiger partial charge in [-0.2, -0.15) is 4.99 Å². The van der Waals surface area contributed by atoms with E-state index < -0.39 is 6.04 Å². The Morgan fingerprint density at radius 2 is 1.58 bits per heavy atom. The first-order valence-corrected chi connectivity index (χ1v) is 11.1. The van der Waals surface area contributed by atoms with Gasteiger partial charge in [0.05, 0.1) is 12.1 Å². The van der Waals surface area contributed by atoms with E-state index in [1.807, 2.05) is 41.8 Å². The summed E-state index contributed by atoms with van der Waals surface area (Å²) in [6.45, 7) is 0. The normalized spacial score (nSPS) is 18.8. The van der Waals surface area contributed by atoms with Crippen LogP contribution in [0.1, 0.15) is 17.5 Å². The lowest BCUT2D eigenvalue weighted by Crippen LogP contribution is -2.35. The predicted molar refractivity (Wildman–Crippen MR) is 125 cm³/mol. The Labute approximate surface area is 193 Å². The Balaban J connectivity index is 1.17. The minimum Gasteiger partial charge on any atom is -0.326 e. The molecule has 3 aliphatic rings. The SMILES string of the molecule is O=C(CC1C(=O)N=C2SC=CN21)Nc1ccc(Cc2ccc(N3C(=O)C=CC3=O)cc2)cc1. The fraction of sp³-hybridized carbons (Fsp3) is 0.125. The van der Waals surface area contributed by atoms with Crippen molar-refractivity contribution in [2.75, 3.05) is 10.2 Å². The van der Waals surface area contributed by atoms with Gasteiger partial charge < -0.3 is 10.2 Å². The topological polar surface area (TPSA) is 99.2 Å². The smallest absolute Gasteiger partial charge is 0.271 e. The van der Waals surface area contributed by atoms with Crippen LogP contribution in [0.2, 0.25) is 0 Å². The van der Waals surface area contributed by atoms with Gasteiger partial charge in [0.15, 0.2) is 5.17 Å². The quantitative estimate of drug-likeness (QED) is 0.669. The van der Waals surface area contributed by atoms with Crippen molar-refractivity contribution < 1.29 is 19.2 Å². The first-order chi connectivity index (χ1) is 16.0. The number of aliphatic imine (C=N–C) groups is 1. The molecule has 0 spiro atoms. The van der Waals surface area contributed by atoms with Gasteiger partial charge in [0.2, 0.25) is 5.91 Å². The van der Waals surface area contributed by atoms with Gasteiger partial charge >= 0.3 is 0 Å². The molecule has 2 aromatic rings. The number of hydrogen-bond acceptors (Lipinski definition) is 6. The molecule has 0 bridgehead atoms. The number of imide groups is 1. The second-order valence-corrected chi connectivity index (χ2v) is 8.57. The van der Waals surface area contributed by atoms with E-state index in [0.717, 1.165) is 16.0 Å². The summed E-state index contributed by atoms with van der Waals surface area (Å²) in [6.07, 6.45) is 4.98. The number of thioether (sulfide) groups is 1. The van der Waals surface area contributed by atoms with E-state index in [1.165, 1.54) is 23.9 Å². The van der Waals surface area contributed by atoms with E-state index in [2.05, 4.69) is 10.3 Å². The molecule has 2 aromatic carbocycles. The van der Waals surface area contributed by atoms with Crippen molar-refractivity contribution in [2.45, 2.75) is 18.9 Å². The van der Waals surface area contributed by atoms with Crippen molar-refractivity contribution in [3.8, 4) is 0 Å². The van der Waals surface area contributed by atoms with Gasteiger partial charge in [-0.1, -0.05) is 36.0 Å². The van der Waals surface area contributed by atoms with Crippen LogP contribution in [-0.4, -0.2) is 39.7 Å². The Kier molecular flexibility index (Phi) is 5.39. The molecule has 8 nitrogen and oxygen atoms in total. The minimum atomic E-state index is -0.588. The fourth-order valence-corrected chi connectivity index (χ4v) is 4.59. The predicted octanol–water partition coefficient (Wildman–Crippen LogP) is 2.82. The highest BCUT2D eigenvalue weighted by molar-refractivity contribution is 8.16. The molecule has 0 saturated carbocycles. The molecule has 4 amide bonds. The zero-order chi connectivity index (χ0) is 22.9. The largest absolute Gasteiger partial charge is 0.326 e. The molecule has 164 valence electrons. The van der Waals surface area contributed by atoms with Crippen LogP contribution < -0.4 is 10.2 Å². The van der Waals surface area contributed by atoms with E-state index in [9.17, 15) is 19.2 Å². The van der Waals surface area contributed by atoms with Crippen LogP contribution in [0.15, 0.2) is 77.3 Å². The number of hydrogen-bond donors (Lipinski definition) is 1. The van der Waals surface area contributed by atoms with Crippen LogP contribution in [0.25, 0.3) is 0 Å². The molecule has 0 radical (unpaired) electrons. The molecule has 1 unspecified atom stereocenters. The maximum Gasteiger partial charge on any atom is 0.271 e. The van der Waals surface area contributed by atoms with Gasteiger partial charge in [-0.05, 0) is 47.2 Å². The third kappa shape index (κ3) is 4.22. The maximum atomic E-state index is 12.4. The Morgan fingerprint density at radius 3 is 2.24 bits per heavy atom. The van der Waals surface area contributed by atoms with Gasteiger partial charge in [0.25, 0.3) is 17.7 Å². The lowest BCUT2D eigenvalue weighted by Gasteiger charge is -2.18. The summed E-state index contributed by atoms with van der Waals surface area (Å²) in [6, 6.07) is 14.1. The standard InChI is InChI=1S/C24H18N4O4S/c29-20(14-19-23(32)26-24-27(19)11-12-33-24)25-17-5-1-15(2-6-17)13-16-3-7-18(8-4-16)28-21(30)9-10-22(28)31/h1-12,19H,13-14H2,(H,25,29). The second kappa shape index (κ2) is 8.51. The van der Waals surface area contributed by atoms with Gasteiger partial charge in [-0.25, -0.2) is 4.90 Å². The Morgan fingerprint density at radius 1 is 0.939 bits per heavy atom. The summed E-state index contributed by atoms with van der Waals surface area (Å²) >= 11 is 1.37. The van der Waals surface area contributed by atoms with Crippen LogP contribution >= 0.6 is 11.8 Å². The number of benzene rings is 2. The van der Waals surface area contributed by atoms with Gasteiger partial charge in [0.1, 0.15) is 6.04 Å². The molecular weight excluding hydrogens is 440 g/mol. The van der Waals surface area contributed by atoms with Crippen LogP contribution in [-0.2, 0) is 25.6 Å². The second-order valence-electron chi connectivity index (χ2n) is 7.70. The Bertz CT molecular complexity index is 1230. The first kappa shape index (κ1) is 20.9. The fourth-order valence-electron chi connectivity index (χ4n) is 3.82. The van der Waals surface area contributed by atoms with Crippen molar-refractivity contribution in [1.82, 2.24) is 4.90 Å². The molecular formula is C24H18N4O4S. The number of carbonyl (C=O) groups excluding carboxylic acids is 4. The molecule has 0 aliphatic carbocycles. The van der Waals surface area contributed by atoms with E-state index in [0.29, 0.717) is 23.0 Å². The van der Waals surface area contributed by atoms with Crippen LogP contribution in [0.5, 0.6) is 0 Å². The molecule has 5 rings (SSSR count). The van der Waals surface area contributed by atoms with Gasteiger partial charge in [-0.15, -0.1) is 0 Å². The van der Waals surface area contributed by atoms with E-state index in [4.69, 9.17) is 0 Å². The Hall–Kier alpha value is -3.98. The average molecular weight is 458 g/mol. The number of rotatable bonds is 6. The third-order valence-electron chi connectivity index (χ3n) is 5.47. The van der Waals surface area contributed by atoms with Crippen LogP contribution in [0.4, 0.5) is 11.4 Å². The highest BCUT2D eigenvalue weighted by Crippen LogP contribution is 2.29. The van der Waals surface area contributed by atoms with E-state index >= 15 is 0 Å². The molecule has 0 fully saturated rings. The zero-order valence-electron chi connectivity index (χ0n) is 17.3. The minimum absolute atomic E-state index is 0.0301. The number of nitrogens with zero attached hydrogens (tertiary/aromatic N) is 3. The maximum absolute atomic E-state index is 12.4. The van der Waals surface area contributed by atoms with Crippen molar-refractivity contribution in [3.05, 3.63) is 83.4 Å². The first-order valence-electron chi connectivity index (χ1n) is 10.3. The number of anilines is 2. The number of carbonyl (C=O) groups is 4. The molecule has 9 heteroatoms. The van der Waals surface area contributed by atoms with Crippen molar-refractivity contribution in [3.63, 3.8) is 0 Å².